The largest absolute Gasteiger partial charge is 0.507 e. The van der Waals surface area contributed by atoms with Gasteiger partial charge in [-0.3, -0.25) is 10.1 Å². The molecule has 0 atom stereocenters. The third-order valence-corrected chi connectivity index (χ3v) is 2.40. The van der Waals surface area contributed by atoms with Crippen LogP contribution in [0.4, 0.5) is 5.69 Å². The third kappa shape index (κ3) is 1.98. The summed E-state index contributed by atoms with van der Waals surface area (Å²) in [4.78, 5) is 8.84. The van der Waals surface area contributed by atoms with Gasteiger partial charge in [-0.15, -0.1) is 0 Å². The van der Waals surface area contributed by atoms with Crippen molar-refractivity contribution < 1.29 is 18.4 Å². The zero-order valence-corrected chi connectivity index (χ0v) is 7.56. The zero-order chi connectivity index (χ0) is 10.9. The molecule has 1 rings (SSSR count). The van der Waals surface area contributed by atoms with Gasteiger partial charge in [-0.1, -0.05) is 0 Å². The lowest BCUT2D eigenvalue weighted by molar-refractivity contribution is -0.385. The molecule has 0 saturated heterocycles. The fourth-order valence-corrected chi connectivity index (χ4v) is 1.49. The summed E-state index contributed by atoms with van der Waals surface area (Å²) in [5.41, 5.74) is -0.452. The highest BCUT2D eigenvalue weighted by atomic mass is 32.2. The molecule has 0 radical (unpaired) electrons. The fourth-order valence-electron chi connectivity index (χ4n) is 0.844. The zero-order valence-electron chi connectivity index (χ0n) is 6.75. The number of sulfonamides is 1. The highest BCUT2D eigenvalue weighted by molar-refractivity contribution is 7.89. The monoisotopic (exact) mass is 218 g/mol. The number of phenols is 1. The number of nitrogens with two attached hydrogens (primary N) is 1. The van der Waals surface area contributed by atoms with Crippen molar-refractivity contribution in [2.45, 2.75) is 4.90 Å². The van der Waals surface area contributed by atoms with E-state index in [1.165, 1.54) is 0 Å². The molecule has 0 saturated carbocycles. The van der Waals surface area contributed by atoms with Crippen molar-refractivity contribution in [1.82, 2.24) is 0 Å². The topological polar surface area (TPSA) is 124 Å². The van der Waals surface area contributed by atoms with E-state index < -0.39 is 31.3 Å². The molecule has 76 valence electrons. The maximum atomic E-state index is 10.8. The molecule has 1 aromatic carbocycles. The summed E-state index contributed by atoms with van der Waals surface area (Å²) in [6, 6.07) is 2.58. The van der Waals surface area contributed by atoms with Gasteiger partial charge in [0.1, 0.15) is 10.6 Å². The predicted molar refractivity (Wildman–Crippen MR) is 46.1 cm³/mol. The highest BCUT2D eigenvalue weighted by Gasteiger charge is 2.18. The number of aromatic hydroxyl groups is 1. The van der Waals surface area contributed by atoms with Crippen molar-refractivity contribution in [1.29, 1.82) is 0 Å². The van der Waals surface area contributed by atoms with Crippen LogP contribution in [0.5, 0.6) is 5.75 Å². The standard InChI is InChI=1S/C6H6N2O5S/c7-14(12,13)6-3-4(8(10)11)1-2-5(6)9/h1-3,9H,(H2,7,12,13). The minimum absolute atomic E-state index is 0.452. The van der Waals surface area contributed by atoms with E-state index in [9.17, 15) is 18.5 Å². The van der Waals surface area contributed by atoms with E-state index in [-0.39, 0.29) is 0 Å². The van der Waals surface area contributed by atoms with Crippen LogP contribution in [0.1, 0.15) is 0 Å². The number of benzene rings is 1. The van der Waals surface area contributed by atoms with Gasteiger partial charge in [-0.25, -0.2) is 13.6 Å². The van der Waals surface area contributed by atoms with Crippen LogP contribution in [0.3, 0.4) is 0 Å². The number of hydrogen-bond donors (Lipinski definition) is 2. The van der Waals surface area contributed by atoms with Crippen LogP contribution >= 0.6 is 0 Å². The first-order valence-corrected chi connectivity index (χ1v) is 4.87. The van der Waals surface area contributed by atoms with Crippen LogP contribution in [-0.2, 0) is 10.0 Å². The first kappa shape index (κ1) is 10.4. The highest BCUT2D eigenvalue weighted by Crippen LogP contribution is 2.25. The maximum Gasteiger partial charge on any atom is 0.271 e. The Balaban J connectivity index is 3.44. The lowest BCUT2D eigenvalue weighted by Crippen LogP contribution is -2.12. The van der Waals surface area contributed by atoms with Crippen LogP contribution < -0.4 is 5.14 Å². The SMILES string of the molecule is NS(=O)(=O)c1cc([N+](=O)[O-])ccc1O. The Morgan fingerprint density at radius 1 is 1.43 bits per heavy atom. The number of non-ortho nitro benzene ring substituents is 1. The maximum absolute atomic E-state index is 10.8. The smallest absolute Gasteiger partial charge is 0.271 e. The molecule has 7 nitrogen and oxygen atoms in total. The Bertz CT molecular complexity index is 481. The number of nitro benzene ring substituents is 1. The van der Waals surface area contributed by atoms with E-state index in [1.54, 1.807) is 0 Å². The van der Waals surface area contributed by atoms with Crippen molar-refractivity contribution in [2.75, 3.05) is 0 Å². The molecule has 0 bridgehead atoms. The summed E-state index contributed by atoms with van der Waals surface area (Å²) in [6.45, 7) is 0. The molecular weight excluding hydrogens is 212 g/mol. The van der Waals surface area contributed by atoms with Gasteiger partial charge in [0.05, 0.1) is 4.92 Å². The molecule has 0 aliphatic heterocycles. The molecule has 0 aliphatic carbocycles. The summed E-state index contributed by atoms with van der Waals surface area (Å²) in [6.07, 6.45) is 0. The number of nitrogens with zero attached hydrogens (tertiary/aromatic N) is 1. The lowest BCUT2D eigenvalue weighted by Gasteiger charge is -2.00. The van der Waals surface area contributed by atoms with Gasteiger partial charge < -0.3 is 5.11 Å². The van der Waals surface area contributed by atoms with Crippen LogP contribution in [0.2, 0.25) is 0 Å². The van der Waals surface area contributed by atoms with Gasteiger partial charge in [0.15, 0.2) is 0 Å². The average Bonchev–Trinajstić information content (AvgIpc) is 2.02. The molecule has 14 heavy (non-hydrogen) atoms. The molecule has 0 spiro atoms. The lowest BCUT2D eigenvalue weighted by atomic mass is 10.3. The Labute approximate surface area is 79.0 Å². The molecular formula is C6H6N2O5S. The Kier molecular flexibility index (Phi) is 2.41. The number of nitro groups is 1. The van der Waals surface area contributed by atoms with E-state index in [0.717, 1.165) is 12.1 Å². The third-order valence-electron chi connectivity index (χ3n) is 1.46. The molecule has 1 aromatic rings. The second-order valence-corrected chi connectivity index (χ2v) is 3.98. The molecule has 0 unspecified atom stereocenters. The van der Waals surface area contributed by atoms with E-state index in [1.807, 2.05) is 0 Å². The van der Waals surface area contributed by atoms with E-state index in [4.69, 9.17) is 10.2 Å². The predicted octanol–water partition coefficient (Wildman–Crippen LogP) is -0.0522. The first-order chi connectivity index (χ1) is 6.32. The number of primary sulfonamides is 1. The van der Waals surface area contributed by atoms with Crippen molar-refractivity contribution in [2.24, 2.45) is 5.14 Å². The molecule has 3 N–H and O–H groups in total. The summed E-state index contributed by atoms with van der Waals surface area (Å²) >= 11 is 0. The van der Waals surface area contributed by atoms with Gasteiger partial charge in [-0.2, -0.15) is 0 Å². The first-order valence-electron chi connectivity index (χ1n) is 3.32. The minimum atomic E-state index is -4.14. The van der Waals surface area contributed by atoms with Gasteiger partial charge in [0.2, 0.25) is 10.0 Å². The molecule has 0 amide bonds. The summed E-state index contributed by atoms with van der Waals surface area (Å²) in [5, 5.41) is 24.1. The Morgan fingerprint density at radius 2 is 2.00 bits per heavy atom. The van der Waals surface area contributed by atoms with Crippen LogP contribution in [0.15, 0.2) is 23.1 Å². The second-order valence-electron chi connectivity index (χ2n) is 2.45. The van der Waals surface area contributed by atoms with Crippen molar-refractivity contribution in [3.63, 3.8) is 0 Å². The quantitative estimate of drug-likeness (QED) is 0.531. The molecule has 0 aliphatic rings. The Hall–Kier alpha value is -1.67. The van der Waals surface area contributed by atoms with Crippen LogP contribution in [0.25, 0.3) is 0 Å². The molecule has 0 fully saturated rings. The van der Waals surface area contributed by atoms with Gasteiger partial charge in [-0.05, 0) is 6.07 Å². The van der Waals surface area contributed by atoms with E-state index in [2.05, 4.69) is 0 Å². The van der Waals surface area contributed by atoms with Gasteiger partial charge in [0.25, 0.3) is 5.69 Å². The summed E-state index contributed by atoms with van der Waals surface area (Å²) < 4.78 is 21.6. The summed E-state index contributed by atoms with van der Waals surface area (Å²) in [5.74, 6) is -0.613. The van der Waals surface area contributed by atoms with Crippen molar-refractivity contribution >= 4 is 15.7 Å². The van der Waals surface area contributed by atoms with Crippen molar-refractivity contribution in [3.8, 4) is 5.75 Å². The minimum Gasteiger partial charge on any atom is -0.507 e. The Morgan fingerprint density at radius 3 is 2.43 bits per heavy atom. The van der Waals surface area contributed by atoms with E-state index >= 15 is 0 Å². The van der Waals surface area contributed by atoms with Gasteiger partial charge >= 0.3 is 0 Å². The molecule has 0 aromatic heterocycles. The average molecular weight is 218 g/mol. The number of hydrogen-bond acceptors (Lipinski definition) is 5. The van der Waals surface area contributed by atoms with Crippen molar-refractivity contribution in [3.05, 3.63) is 28.3 Å². The second kappa shape index (κ2) is 3.24. The normalized spacial score (nSPS) is 11.2. The molecule has 8 heteroatoms. The van der Waals surface area contributed by atoms with Crippen LogP contribution in [0, 0.1) is 10.1 Å². The van der Waals surface area contributed by atoms with E-state index in [0.29, 0.717) is 6.07 Å². The summed E-state index contributed by atoms with van der Waals surface area (Å²) in [7, 11) is -4.14. The number of rotatable bonds is 2. The fraction of sp³-hybridized carbons (Fsp3) is 0. The molecule has 0 heterocycles. The number of phenolic OH excluding ortho intramolecular Hbond substituents is 1. The van der Waals surface area contributed by atoms with Gasteiger partial charge in [0, 0.05) is 12.1 Å². The van der Waals surface area contributed by atoms with Crippen LogP contribution in [-0.4, -0.2) is 18.4 Å².